The smallest absolute Gasteiger partial charge is 0.0910 e. The fraction of sp³-hybridized carbons (Fsp3) is 0.769. The van der Waals surface area contributed by atoms with Gasteiger partial charge in [-0.2, -0.15) is 5.10 Å². The molecule has 2 rings (SSSR count). The molecule has 16 heavy (non-hydrogen) atoms. The van der Waals surface area contributed by atoms with Crippen LogP contribution in [0.15, 0.2) is 12.3 Å². The summed E-state index contributed by atoms with van der Waals surface area (Å²) in [5.74, 6) is 0. The van der Waals surface area contributed by atoms with Crippen LogP contribution in [0, 0.1) is 0 Å². The van der Waals surface area contributed by atoms with E-state index in [1.165, 1.54) is 25.7 Å². The lowest BCUT2D eigenvalue weighted by Gasteiger charge is -2.10. The Morgan fingerprint density at radius 1 is 1.50 bits per heavy atom. The third-order valence-corrected chi connectivity index (χ3v) is 3.45. The summed E-state index contributed by atoms with van der Waals surface area (Å²) < 4.78 is 7.80. The van der Waals surface area contributed by atoms with Gasteiger partial charge in [-0.25, -0.2) is 0 Å². The zero-order chi connectivity index (χ0) is 11.4. The van der Waals surface area contributed by atoms with Crippen LogP contribution < -0.4 is 0 Å². The van der Waals surface area contributed by atoms with Gasteiger partial charge in [-0.05, 0) is 32.3 Å². The molecular weight excluding hydrogens is 200 g/mol. The second-order valence-corrected chi connectivity index (χ2v) is 4.76. The van der Waals surface area contributed by atoms with E-state index in [0.717, 1.165) is 12.1 Å². The average Bonchev–Trinajstić information content (AvgIpc) is 2.95. The van der Waals surface area contributed by atoms with E-state index in [9.17, 15) is 0 Å². The highest BCUT2D eigenvalue weighted by Crippen LogP contribution is 2.28. The first kappa shape index (κ1) is 11.6. The van der Waals surface area contributed by atoms with Crippen molar-refractivity contribution in [2.75, 3.05) is 0 Å². The van der Waals surface area contributed by atoms with Crippen LogP contribution in [0.1, 0.15) is 57.7 Å². The highest BCUT2D eigenvalue weighted by molar-refractivity contribution is 4.98. The number of ether oxygens (including phenoxy) is 1. The predicted molar refractivity (Wildman–Crippen MR) is 64.3 cm³/mol. The van der Waals surface area contributed by atoms with E-state index in [2.05, 4.69) is 35.9 Å². The maximum absolute atomic E-state index is 5.68. The quantitative estimate of drug-likeness (QED) is 0.764. The van der Waals surface area contributed by atoms with Gasteiger partial charge in [0.15, 0.2) is 0 Å². The Balaban J connectivity index is 1.86. The summed E-state index contributed by atoms with van der Waals surface area (Å²) in [4.78, 5) is 0. The molecule has 0 bridgehead atoms. The van der Waals surface area contributed by atoms with Crippen LogP contribution in [0.3, 0.4) is 0 Å². The second kappa shape index (κ2) is 5.48. The summed E-state index contributed by atoms with van der Waals surface area (Å²) in [6, 6.07) is 2.72. The molecule has 1 aliphatic rings. The third kappa shape index (κ3) is 2.85. The second-order valence-electron chi connectivity index (χ2n) is 4.76. The molecule has 1 heterocycles. The molecule has 1 fully saturated rings. The molecule has 0 saturated heterocycles. The van der Waals surface area contributed by atoms with Gasteiger partial charge in [0.2, 0.25) is 0 Å². The summed E-state index contributed by atoms with van der Waals surface area (Å²) in [6.45, 7) is 4.89. The number of rotatable bonds is 5. The fourth-order valence-corrected chi connectivity index (χ4v) is 2.17. The highest BCUT2D eigenvalue weighted by atomic mass is 16.5. The van der Waals surface area contributed by atoms with Crippen LogP contribution in [-0.2, 0) is 11.3 Å². The molecule has 0 aliphatic heterocycles. The van der Waals surface area contributed by atoms with Crippen molar-refractivity contribution >= 4 is 0 Å². The molecule has 1 atom stereocenters. The molecule has 1 aliphatic carbocycles. The predicted octanol–water partition coefficient (Wildman–Crippen LogP) is 3.31. The summed E-state index contributed by atoms with van der Waals surface area (Å²) in [7, 11) is 0. The van der Waals surface area contributed by atoms with Crippen LogP contribution in [0.2, 0.25) is 0 Å². The van der Waals surface area contributed by atoms with Gasteiger partial charge in [-0.1, -0.05) is 19.8 Å². The van der Waals surface area contributed by atoms with Crippen molar-refractivity contribution in [3.05, 3.63) is 18.0 Å². The maximum Gasteiger partial charge on any atom is 0.0910 e. The third-order valence-electron chi connectivity index (χ3n) is 3.45. The van der Waals surface area contributed by atoms with Crippen molar-refractivity contribution in [1.82, 2.24) is 9.78 Å². The van der Waals surface area contributed by atoms with Gasteiger partial charge in [0.1, 0.15) is 0 Å². The SMILES string of the molecule is CC[C@H](C)OCc1ccn(C2CCCC2)n1. The summed E-state index contributed by atoms with van der Waals surface area (Å²) in [5, 5.41) is 4.59. The molecule has 1 aromatic rings. The number of nitrogens with zero attached hydrogens (tertiary/aromatic N) is 2. The van der Waals surface area contributed by atoms with Gasteiger partial charge in [0.25, 0.3) is 0 Å². The van der Waals surface area contributed by atoms with Crippen molar-refractivity contribution in [3.8, 4) is 0 Å². The van der Waals surface area contributed by atoms with Crippen LogP contribution in [-0.4, -0.2) is 15.9 Å². The van der Waals surface area contributed by atoms with Gasteiger partial charge in [0.05, 0.1) is 24.4 Å². The molecule has 3 heteroatoms. The molecule has 0 N–H and O–H groups in total. The van der Waals surface area contributed by atoms with Crippen LogP contribution >= 0.6 is 0 Å². The molecular formula is C13H22N2O. The van der Waals surface area contributed by atoms with Gasteiger partial charge >= 0.3 is 0 Å². The Kier molecular flexibility index (Phi) is 3.99. The molecule has 90 valence electrons. The first-order valence-electron chi connectivity index (χ1n) is 6.45. The zero-order valence-corrected chi connectivity index (χ0v) is 10.4. The normalized spacial score (nSPS) is 19.1. The number of hydrogen-bond donors (Lipinski definition) is 0. The Hall–Kier alpha value is -0.830. The zero-order valence-electron chi connectivity index (χ0n) is 10.4. The molecule has 0 radical (unpaired) electrons. The summed E-state index contributed by atoms with van der Waals surface area (Å²) >= 11 is 0. The van der Waals surface area contributed by atoms with E-state index in [0.29, 0.717) is 18.8 Å². The van der Waals surface area contributed by atoms with E-state index in [4.69, 9.17) is 4.74 Å². The largest absolute Gasteiger partial charge is 0.372 e. The average molecular weight is 222 g/mol. The highest BCUT2D eigenvalue weighted by Gasteiger charge is 2.17. The van der Waals surface area contributed by atoms with Crippen molar-refractivity contribution < 1.29 is 4.74 Å². The van der Waals surface area contributed by atoms with Crippen molar-refractivity contribution in [2.45, 2.75) is 64.7 Å². The molecule has 1 aromatic heterocycles. The lowest BCUT2D eigenvalue weighted by atomic mass is 10.3. The van der Waals surface area contributed by atoms with E-state index >= 15 is 0 Å². The van der Waals surface area contributed by atoms with Crippen LogP contribution in [0.4, 0.5) is 0 Å². The molecule has 0 unspecified atom stereocenters. The standard InChI is InChI=1S/C13H22N2O/c1-3-11(2)16-10-12-8-9-15(14-12)13-6-4-5-7-13/h8-9,11,13H,3-7,10H2,1-2H3/t11-/m0/s1. The van der Waals surface area contributed by atoms with Gasteiger partial charge in [0, 0.05) is 6.20 Å². The lowest BCUT2D eigenvalue weighted by molar-refractivity contribution is 0.0485. The van der Waals surface area contributed by atoms with E-state index < -0.39 is 0 Å². The molecule has 0 spiro atoms. The Bertz CT molecular complexity index is 315. The van der Waals surface area contributed by atoms with Crippen LogP contribution in [0.5, 0.6) is 0 Å². The van der Waals surface area contributed by atoms with Gasteiger partial charge in [-0.15, -0.1) is 0 Å². The lowest BCUT2D eigenvalue weighted by Crippen LogP contribution is -2.08. The molecule has 0 amide bonds. The van der Waals surface area contributed by atoms with Gasteiger partial charge < -0.3 is 4.74 Å². The van der Waals surface area contributed by atoms with Crippen molar-refractivity contribution in [3.63, 3.8) is 0 Å². The van der Waals surface area contributed by atoms with E-state index in [-0.39, 0.29) is 0 Å². The molecule has 3 nitrogen and oxygen atoms in total. The minimum atomic E-state index is 0.330. The maximum atomic E-state index is 5.68. The topological polar surface area (TPSA) is 27.1 Å². The minimum absolute atomic E-state index is 0.330. The molecule has 1 saturated carbocycles. The minimum Gasteiger partial charge on any atom is -0.372 e. The van der Waals surface area contributed by atoms with Crippen molar-refractivity contribution in [1.29, 1.82) is 0 Å². The van der Waals surface area contributed by atoms with Crippen molar-refractivity contribution in [2.24, 2.45) is 0 Å². The first-order valence-corrected chi connectivity index (χ1v) is 6.45. The summed E-state index contributed by atoms with van der Waals surface area (Å²) in [5.41, 5.74) is 1.06. The number of hydrogen-bond acceptors (Lipinski definition) is 2. The first-order chi connectivity index (χ1) is 7.79. The van der Waals surface area contributed by atoms with E-state index in [1.54, 1.807) is 0 Å². The molecule has 0 aromatic carbocycles. The Morgan fingerprint density at radius 3 is 2.94 bits per heavy atom. The van der Waals surface area contributed by atoms with Gasteiger partial charge in [-0.3, -0.25) is 4.68 Å². The Labute approximate surface area is 97.8 Å². The number of aromatic nitrogens is 2. The monoisotopic (exact) mass is 222 g/mol. The fourth-order valence-electron chi connectivity index (χ4n) is 2.17. The summed E-state index contributed by atoms with van der Waals surface area (Å²) in [6.07, 6.45) is 8.76. The van der Waals surface area contributed by atoms with Crippen LogP contribution in [0.25, 0.3) is 0 Å². The Morgan fingerprint density at radius 2 is 2.25 bits per heavy atom. The van der Waals surface area contributed by atoms with E-state index in [1.807, 2.05) is 0 Å².